The molecule has 0 N–H and O–H groups in total. The summed E-state index contributed by atoms with van der Waals surface area (Å²) in [5, 5.41) is 1.07. The van der Waals surface area contributed by atoms with Gasteiger partial charge in [0.1, 0.15) is 5.01 Å². The minimum Gasteiger partial charge on any atom is -0.329 e. The van der Waals surface area contributed by atoms with Gasteiger partial charge in [-0.1, -0.05) is 24.3 Å². The maximum Gasteiger partial charge on any atom is 0.254 e. The summed E-state index contributed by atoms with van der Waals surface area (Å²) in [6.07, 6.45) is 2.04. The lowest BCUT2D eigenvalue weighted by atomic mass is 10.1. The van der Waals surface area contributed by atoms with Crippen LogP contribution in [0.4, 0.5) is 0 Å². The minimum atomic E-state index is 0.107. The molecule has 2 saturated heterocycles. The van der Waals surface area contributed by atoms with Gasteiger partial charge in [-0.15, -0.1) is 34.9 Å². The second kappa shape index (κ2) is 7.49. The molecule has 1 unspecified atom stereocenters. The van der Waals surface area contributed by atoms with E-state index in [1.807, 2.05) is 58.8 Å². The molecule has 0 aliphatic carbocycles. The van der Waals surface area contributed by atoms with Crippen molar-refractivity contribution in [2.24, 2.45) is 0 Å². The highest BCUT2D eigenvalue weighted by atomic mass is 32.2. The molecule has 27 heavy (non-hydrogen) atoms. The fourth-order valence-electron chi connectivity index (χ4n) is 3.80. The fourth-order valence-corrected chi connectivity index (χ4v) is 7.77. The van der Waals surface area contributed by atoms with Gasteiger partial charge in [0.05, 0.1) is 20.8 Å². The van der Waals surface area contributed by atoms with E-state index in [1.54, 1.807) is 11.3 Å². The maximum absolute atomic E-state index is 13.2. The van der Waals surface area contributed by atoms with Gasteiger partial charge in [-0.3, -0.25) is 4.79 Å². The number of hydrogen-bond acceptors (Lipinski definition) is 5. The predicted molar refractivity (Wildman–Crippen MR) is 117 cm³/mol. The highest BCUT2D eigenvalue weighted by molar-refractivity contribution is 8.19. The van der Waals surface area contributed by atoms with Crippen molar-refractivity contribution in [2.75, 3.05) is 18.1 Å². The molecule has 2 aromatic carbocycles. The van der Waals surface area contributed by atoms with Crippen molar-refractivity contribution >= 4 is 51.0 Å². The molecular weight excluding hydrogens is 392 g/mol. The standard InChI is InChI=1S/C21H20N2OS3/c24-20(14-7-9-15(10-8-14)21-25-12-13-26-21)23-11-3-5-17(23)19-22-16-4-1-2-6-18(16)27-19/h1-2,4,6-10,17,21H,3,5,11-13H2. The Bertz CT molecular complexity index is 930. The van der Waals surface area contributed by atoms with E-state index in [1.165, 1.54) is 21.8 Å². The van der Waals surface area contributed by atoms with Crippen LogP contribution in [0.25, 0.3) is 10.2 Å². The molecule has 3 nitrogen and oxygen atoms in total. The number of aromatic nitrogens is 1. The van der Waals surface area contributed by atoms with Crippen molar-refractivity contribution in [1.82, 2.24) is 9.88 Å². The lowest BCUT2D eigenvalue weighted by Gasteiger charge is -2.23. The molecule has 0 saturated carbocycles. The smallest absolute Gasteiger partial charge is 0.254 e. The molecule has 2 aliphatic rings. The molecule has 0 spiro atoms. The number of carbonyl (C=O) groups is 1. The number of hydrogen-bond donors (Lipinski definition) is 0. The second-order valence-electron chi connectivity index (χ2n) is 6.87. The lowest BCUT2D eigenvalue weighted by Crippen LogP contribution is -2.30. The van der Waals surface area contributed by atoms with Crippen molar-refractivity contribution in [3.63, 3.8) is 0 Å². The summed E-state index contributed by atoms with van der Waals surface area (Å²) in [5.41, 5.74) is 3.15. The number of thioether (sulfide) groups is 2. The molecule has 1 atom stereocenters. The second-order valence-corrected chi connectivity index (χ2v) is 10.7. The summed E-state index contributed by atoms with van der Waals surface area (Å²) in [4.78, 5) is 20.0. The first kappa shape index (κ1) is 17.6. The van der Waals surface area contributed by atoms with Gasteiger partial charge in [0.2, 0.25) is 0 Å². The average molecular weight is 413 g/mol. The minimum absolute atomic E-state index is 0.107. The van der Waals surface area contributed by atoms with Crippen LogP contribution in [0.1, 0.15) is 44.4 Å². The summed E-state index contributed by atoms with van der Waals surface area (Å²) in [6, 6.07) is 16.6. The van der Waals surface area contributed by atoms with E-state index in [0.29, 0.717) is 4.58 Å². The third kappa shape index (κ3) is 3.39. The summed E-state index contributed by atoms with van der Waals surface area (Å²) in [7, 11) is 0. The van der Waals surface area contributed by atoms with Crippen LogP contribution < -0.4 is 0 Å². The van der Waals surface area contributed by atoms with E-state index < -0.39 is 0 Å². The Morgan fingerprint density at radius 2 is 1.81 bits per heavy atom. The van der Waals surface area contributed by atoms with Crippen LogP contribution in [0.3, 0.4) is 0 Å². The highest BCUT2D eigenvalue weighted by Gasteiger charge is 2.33. The van der Waals surface area contributed by atoms with Gasteiger partial charge in [-0.25, -0.2) is 4.98 Å². The zero-order chi connectivity index (χ0) is 18.2. The van der Waals surface area contributed by atoms with E-state index >= 15 is 0 Å². The number of rotatable bonds is 3. The van der Waals surface area contributed by atoms with Crippen LogP contribution in [-0.4, -0.2) is 33.8 Å². The Balaban J connectivity index is 1.38. The molecular formula is C21H20N2OS3. The number of nitrogens with zero attached hydrogens (tertiary/aromatic N) is 2. The fraction of sp³-hybridized carbons (Fsp3) is 0.333. The number of para-hydroxylation sites is 1. The molecule has 5 rings (SSSR count). The Morgan fingerprint density at radius 3 is 2.59 bits per heavy atom. The Hall–Kier alpha value is -1.50. The van der Waals surface area contributed by atoms with E-state index in [-0.39, 0.29) is 11.9 Å². The molecule has 138 valence electrons. The predicted octanol–water partition coefficient (Wildman–Crippen LogP) is 5.75. The normalized spacial score (nSPS) is 20.6. The van der Waals surface area contributed by atoms with Crippen molar-refractivity contribution < 1.29 is 4.79 Å². The summed E-state index contributed by atoms with van der Waals surface area (Å²) >= 11 is 5.71. The number of thiazole rings is 1. The van der Waals surface area contributed by atoms with Crippen LogP contribution in [0.15, 0.2) is 48.5 Å². The average Bonchev–Trinajstić information content (AvgIpc) is 3.47. The van der Waals surface area contributed by atoms with E-state index in [2.05, 4.69) is 18.2 Å². The third-order valence-electron chi connectivity index (χ3n) is 5.16. The van der Waals surface area contributed by atoms with E-state index in [0.717, 1.165) is 35.5 Å². The van der Waals surface area contributed by atoms with Gasteiger partial charge in [0.15, 0.2) is 0 Å². The maximum atomic E-state index is 13.2. The zero-order valence-electron chi connectivity index (χ0n) is 14.8. The highest BCUT2D eigenvalue weighted by Crippen LogP contribution is 2.45. The number of benzene rings is 2. The molecule has 1 aromatic heterocycles. The van der Waals surface area contributed by atoms with Gasteiger partial charge in [0, 0.05) is 23.6 Å². The molecule has 2 aliphatic heterocycles. The number of likely N-dealkylation sites (tertiary alicyclic amines) is 1. The van der Waals surface area contributed by atoms with Crippen molar-refractivity contribution in [1.29, 1.82) is 0 Å². The Labute approximate surface area is 171 Å². The Morgan fingerprint density at radius 1 is 1.04 bits per heavy atom. The van der Waals surface area contributed by atoms with Crippen LogP contribution >= 0.6 is 34.9 Å². The zero-order valence-corrected chi connectivity index (χ0v) is 17.3. The van der Waals surface area contributed by atoms with Crippen LogP contribution in [0.2, 0.25) is 0 Å². The summed E-state index contributed by atoms with van der Waals surface area (Å²) < 4.78 is 1.72. The largest absolute Gasteiger partial charge is 0.329 e. The van der Waals surface area contributed by atoms with Gasteiger partial charge in [-0.05, 0) is 42.7 Å². The Kier molecular flexibility index (Phi) is 4.88. The molecule has 0 radical (unpaired) electrons. The van der Waals surface area contributed by atoms with Crippen LogP contribution in [-0.2, 0) is 0 Å². The summed E-state index contributed by atoms with van der Waals surface area (Å²) in [5.74, 6) is 2.57. The molecule has 2 fully saturated rings. The topological polar surface area (TPSA) is 33.2 Å². The first-order valence-electron chi connectivity index (χ1n) is 9.29. The monoisotopic (exact) mass is 412 g/mol. The molecule has 3 aromatic rings. The summed E-state index contributed by atoms with van der Waals surface area (Å²) in [6.45, 7) is 0.815. The first-order valence-corrected chi connectivity index (χ1v) is 12.2. The molecule has 1 amide bonds. The molecule has 6 heteroatoms. The van der Waals surface area contributed by atoms with E-state index in [9.17, 15) is 4.79 Å². The number of carbonyl (C=O) groups excluding carboxylic acids is 1. The van der Waals surface area contributed by atoms with Crippen LogP contribution in [0.5, 0.6) is 0 Å². The van der Waals surface area contributed by atoms with Gasteiger partial charge < -0.3 is 4.90 Å². The van der Waals surface area contributed by atoms with Gasteiger partial charge >= 0.3 is 0 Å². The quantitative estimate of drug-likeness (QED) is 0.548. The molecule has 3 heterocycles. The first-order chi connectivity index (χ1) is 13.3. The third-order valence-corrected chi connectivity index (χ3v) is 9.40. The number of fused-ring (bicyclic) bond motifs is 1. The van der Waals surface area contributed by atoms with Crippen molar-refractivity contribution in [3.8, 4) is 0 Å². The van der Waals surface area contributed by atoms with Gasteiger partial charge in [0.25, 0.3) is 5.91 Å². The van der Waals surface area contributed by atoms with Crippen LogP contribution in [0, 0.1) is 0 Å². The number of amides is 1. The SMILES string of the molecule is O=C(c1ccc(C2SCCS2)cc1)N1CCCC1c1nc2ccccc2s1. The van der Waals surface area contributed by atoms with Gasteiger partial charge in [-0.2, -0.15) is 0 Å². The lowest BCUT2D eigenvalue weighted by molar-refractivity contribution is 0.0735. The van der Waals surface area contributed by atoms with Crippen molar-refractivity contribution in [2.45, 2.75) is 23.5 Å². The molecule has 0 bridgehead atoms. The van der Waals surface area contributed by atoms with Crippen molar-refractivity contribution in [3.05, 3.63) is 64.7 Å². The van der Waals surface area contributed by atoms with E-state index in [4.69, 9.17) is 4.98 Å².